The summed E-state index contributed by atoms with van der Waals surface area (Å²) in [5, 5.41) is 12.9. The van der Waals surface area contributed by atoms with Gasteiger partial charge in [0, 0.05) is 29.7 Å². The van der Waals surface area contributed by atoms with Crippen molar-refractivity contribution in [1.29, 1.82) is 0 Å². The largest absolute Gasteiger partial charge is 0.334 e. The van der Waals surface area contributed by atoms with Gasteiger partial charge in [-0.15, -0.1) is 11.6 Å². The minimum absolute atomic E-state index is 0.0679. The molecule has 2 aromatic carbocycles. The van der Waals surface area contributed by atoms with E-state index in [2.05, 4.69) is 30.3 Å². The standard InChI is InChI=1S/C27H28ClN7O2/c1-18-6-4-8-21(10-18)26-30-24(32-36-26)16-34(15-23(12-28)35-14-20(3)13-29-35)17-25-31-27(37-33-25)22-9-5-7-19(2)11-22/h4-11,13-14,23H,12,15-17H2,1-3H3/t23-/m0/s1. The minimum atomic E-state index is -0.0679. The topological polar surface area (TPSA) is 98.9 Å². The lowest BCUT2D eigenvalue weighted by atomic mass is 10.1. The molecule has 0 aliphatic rings. The Bertz CT molecular complexity index is 1390. The van der Waals surface area contributed by atoms with E-state index in [9.17, 15) is 0 Å². The van der Waals surface area contributed by atoms with Crippen molar-refractivity contribution < 1.29 is 9.05 Å². The number of aryl methyl sites for hydroxylation is 3. The molecule has 0 saturated heterocycles. The molecule has 0 N–H and O–H groups in total. The van der Waals surface area contributed by atoms with Crippen LogP contribution in [-0.4, -0.2) is 47.4 Å². The summed E-state index contributed by atoms with van der Waals surface area (Å²) in [4.78, 5) is 11.4. The van der Waals surface area contributed by atoms with Gasteiger partial charge in [-0.1, -0.05) is 45.7 Å². The van der Waals surface area contributed by atoms with E-state index < -0.39 is 0 Å². The van der Waals surface area contributed by atoms with Crippen molar-refractivity contribution in [2.75, 3.05) is 12.4 Å². The molecule has 0 fully saturated rings. The zero-order chi connectivity index (χ0) is 25.8. The van der Waals surface area contributed by atoms with Crippen LogP contribution in [-0.2, 0) is 13.1 Å². The van der Waals surface area contributed by atoms with E-state index in [-0.39, 0.29) is 6.04 Å². The summed E-state index contributed by atoms with van der Waals surface area (Å²) in [7, 11) is 0. The van der Waals surface area contributed by atoms with Crippen molar-refractivity contribution in [3.05, 3.63) is 89.3 Å². The predicted octanol–water partition coefficient (Wildman–Crippen LogP) is 5.39. The highest BCUT2D eigenvalue weighted by molar-refractivity contribution is 6.18. The molecule has 3 heterocycles. The number of aromatic nitrogens is 6. The van der Waals surface area contributed by atoms with Crippen LogP contribution in [0.25, 0.3) is 22.9 Å². The van der Waals surface area contributed by atoms with Crippen LogP contribution in [0.5, 0.6) is 0 Å². The maximum atomic E-state index is 6.37. The molecule has 0 radical (unpaired) electrons. The van der Waals surface area contributed by atoms with E-state index in [1.165, 1.54) is 0 Å². The zero-order valence-electron chi connectivity index (χ0n) is 21.0. The van der Waals surface area contributed by atoms with Crippen molar-refractivity contribution in [2.45, 2.75) is 39.9 Å². The second-order valence-electron chi connectivity index (χ2n) is 9.25. The first-order valence-corrected chi connectivity index (χ1v) is 12.6. The Labute approximate surface area is 220 Å². The number of benzene rings is 2. The van der Waals surface area contributed by atoms with Crippen LogP contribution in [0.2, 0.25) is 0 Å². The Balaban J connectivity index is 1.38. The van der Waals surface area contributed by atoms with Crippen LogP contribution in [0.1, 0.15) is 34.4 Å². The average Bonchev–Trinajstić information content (AvgIpc) is 3.64. The van der Waals surface area contributed by atoms with Crippen LogP contribution in [0.3, 0.4) is 0 Å². The van der Waals surface area contributed by atoms with Crippen LogP contribution in [0.15, 0.2) is 70.0 Å². The average molecular weight is 518 g/mol. The Kier molecular flexibility index (Phi) is 7.43. The summed E-state index contributed by atoms with van der Waals surface area (Å²) in [5.74, 6) is 2.47. The Hall–Kier alpha value is -3.82. The molecule has 0 amide bonds. The van der Waals surface area contributed by atoms with Gasteiger partial charge < -0.3 is 9.05 Å². The highest BCUT2D eigenvalue weighted by Gasteiger charge is 2.21. The molecule has 1 atom stereocenters. The highest BCUT2D eigenvalue weighted by Crippen LogP contribution is 2.22. The molecule has 0 unspecified atom stereocenters. The van der Waals surface area contributed by atoms with Crippen LogP contribution < -0.4 is 0 Å². The van der Waals surface area contributed by atoms with E-state index in [0.717, 1.165) is 27.8 Å². The lowest BCUT2D eigenvalue weighted by Gasteiger charge is -2.24. The van der Waals surface area contributed by atoms with E-state index in [1.54, 1.807) is 0 Å². The number of nitrogens with zero attached hydrogens (tertiary/aromatic N) is 7. The van der Waals surface area contributed by atoms with Gasteiger partial charge >= 0.3 is 0 Å². The van der Waals surface area contributed by atoms with Gasteiger partial charge in [0.05, 0.1) is 25.3 Å². The molecule has 0 aliphatic heterocycles. The van der Waals surface area contributed by atoms with Crippen LogP contribution in [0, 0.1) is 20.8 Å². The van der Waals surface area contributed by atoms with Crippen molar-refractivity contribution >= 4 is 11.6 Å². The second-order valence-corrected chi connectivity index (χ2v) is 9.55. The molecular weight excluding hydrogens is 490 g/mol. The highest BCUT2D eigenvalue weighted by atomic mass is 35.5. The van der Waals surface area contributed by atoms with Gasteiger partial charge in [0.15, 0.2) is 11.6 Å². The second kappa shape index (κ2) is 11.1. The molecule has 190 valence electrons. The molecule has 5 rings (SSSR count). The smallest absolute Gasteiger partial charge is 0.257 e. The van der Waals surface area contributed by atoms with Gasteiger partial charge in [-0.05, 0) is 50.6 Å². The van der Waals surface area contributed by atoms with Crippen molar-refractivity contribution in [1.82, 2.24) is 35.0 Å². The van der Waals surface area contributed by atoms with Gasteiger partial charge in [0.1, 0.15) is 0 Å². The molecule has 37 heavy (non-hydrogen) atoms. The summed E-state index contributed by atoms with van der Waals surface area (Å²) < 4.78 is 13.0. The Morgan fingerprint density at radius 1 is 0.838 bits per heavy atom. The molecule has 9 nitrogen and oxygen atoms in total. The summed E-state index contributed by atoms with van der Waals surface area (Å²) in [6, 6.07) is 15.9. The Morgan fingerprint density at radius 2 is 1.41 bits per heavy atom. The lowest BCUT2D eigenvalue weighted by Crippen LogP contribution is -2.32. The molecule has 10 heteroatoms. The maximum Gasteiger partial charge on any atom is 0.257 e. The van der Waals surface area contributed by atoms with Crippen LogP contribution in [0.4, 0.5) is 0 Å². The van der Waals surface area contributed by atoms with Crippen LogP contribution >= 0.6 is 11.6 Å². The van der Waals surface area contributed by atoms with E-state index in [1.807, 2.05) is 86.4 Å². The molecule has 5 aromatic rings. The van der Waals surface area contributed by atoms with Gasteiger partial charge in [-0.2, -0.15) is 15.1 Å². The van der Waals surface area contributed by atoms with E-state index >= 15 is 0 Å². The third-order valence-electron chi connectivity index (χ3n) is 5.95. The molecule has 0 spiro atoms. The van der Waals surface area contributed by atoms with Crippen molar-refractivity contribution in [3.63, 3.8) is 0 Å². The fourth-order valence-corrected chi connectivity index (χ4v) is 4.38. The normalized spacial score (nSPS) is 12.4. The molecular formula is C27H28ClN7O2. The third-order valence-corrected chi connectivity index (χ3v) is 6.30. The fraction of sp³-hybridized carbons (Fsp3) is 0.296. The number of halogens is 1. The van der Waals surface area contributed by atoms with Gasteiger partial charge in [0.2, 0.25) is 0 Å². The summed E-state index contributed by atoms with van der Waals surface area (Å²) >= 11 is 6.37. The fourth-order valence-electron chi connectivity index (χ4n) is 4.15. The van der Waals surface area contributed by atoms with Gasteiger partial charge in [-0.25, -0.2) is 0 Å². The number of alkyl halides is 1. The monoisotopic (exact) mass is 517 g/mol. The van der Waals surface area contributed by atoms with E-state index in [4.69, 9.17) is 20.6 Å². The Morgan fingerprint density at radius 3 is 1.86 bits per heavy atom. The SMILES string of the molecule is Cc1cccc(-c2nc(CN(Cc3noc(-c4cccc(C)c4)n3)C[C@H](CCl)n3cc(C)cn3)no2)c1. The van der Waals surface area contributed by atoms with E-state index in [0.29, 0.717) is 48.9 Å². The molecule has 0 saturated carbocycles. The van der Waals surface area contributed by atoms with Gasteiger partial charge in [-0.3, -0.25) is 9.58 Å². The summed E-state index contributed by atoms with van der Waals surface area (Å²) in [6.07, 6.45) is 3.81. The molecule has 3 aromatic heterocycles. The summed E-state index contributed by atoms with van der Waals surface area (Å²) in [6.45, 7) is 7.47. The lowest BCUT2D eigenvalue weighted by molar-refractivity contribution is 0.202. The maximum absolute atomic E-state index is 6.37. The number of rotatable bonds is 10. The molecule has 0 bridgehead atoms. The van der Waals surface area contributed by atoms with Gasteiger partial charge in [0.25, 0.3) is 11.8 Å². The molecule has 0 aliphatic carbocycles. The zero-order valence-corrected chi connectivity index (χ0v) is 21.8. The minimum Gasteiger partial charge on any atom is -0.334 e. The van der Waals surface area contributed by atoms with Crippen molar-refractivity contribution in [3.8, 4) is 22.9 Å². The summed E-state index contributed by atoms with van der Waals surface area (Å²) in [5.41, 5.74) is 5.09. The quantitative estimate of drug-likeness (QED) is 0.227. The predicted molar refractivity (Wildman–Crippen MR) is 140 cm³/mol. The number of hydrogen-bond acceptors (Lipinski definition) is 8. The third kappa shape index (κ3) is 6.12. The first-order chi connectivity index (χ1) is 18.0. The first kappa shape index (κ1) is 24.9. The van der Waals surface area contributed by atoms with Crippen molar-refractivity contribution in [2.24, 2.45) is 0 Å². The first-order valence-electron chi connectivity index (χ1n) is 12.0. The number of hydrogen-bond donors (Lipinski definition) is 0.